The number of piperidine rings is 1. The Bertz CT molecular complexity index is 1860. The Morgan fingerprint density at radius 1 is 1.00 bits per heavy atom. The van der Waals surface area contributed by atoms with Gasteiger partial charge in [-0.1, -0.05) is 12.1 Å². The molecule has 10 heteroatoms. The fourth-order valence-corrected chi connectivity index (χ4v) is 6.39. The van der Waals surface area contributed by atoms with Gasteiger partial charge in [0.2, 0.25) is 5.88 Å². The molecule has 2 saturated heterocycles. The number of carbonyl (C=O) groups is 1. The highest BCUT2D eigenvalue weighted by Gasteiger charge is 2.27. The molecule has 0 aliphatic carbocycles. The van der Waals surface area contributed by atoms with Crippen LogP contribution in [0.1, 0.15) is 79.1 Å². The zero-order valence-corrected chi connectivity index (χ0v) is 27.1. The third kappa shape index (κ3) is 6.64. The highest BCUT2D eigenvalue weighted by Crippen LogP contribution is 2.30. The van der Waals surface area contributed by atoms with Crippen molar-refractivity contribution in [3.05, 3.63) is 89.1 Å². The summed E-state index contributed by atoms with van der Waals surface area (Å²) >= 11 is 0. The summed E-state index contributed by atoms with van der Waals surface area (Å²) in [5.74, 6) is 1.71. The molecule has 10 nitrogen and oxygen atoms in total. The summed E-state index contributed by atoms with van der Waals surface area (Å²) in [6, 6.07) is 17.9. The number of nitrogens with zero attached hydrogens (tertiary/aromatic N) is 6. The Kier molecular flexibility index (Phi) is 8.25. The van der Waals surface area contributed by atoms with E-state index in [1.54, 1.807) is 0 Å². The fourth-order valence-electron chi connectivity index (χ4n) is 6.39. The molecular weight excluding hydrogens is 580 g/mol. The van der Waals surface area contributed by atoms with Gasteiger partial charge < -0.3 is 18.8 Å². The van der Waals surface area contributed by atoms with Gasteiger partial charge in [-0.2, -0.15) is 5.10 Å². The zero-order chi connectivity index (χ0) is 31.8. The lowest BCUT2D eigenvalue weighted by Crippen LogP contribution is -2.35. The molecule has 7 rings (SSSR count). The number of esters is 1. The molecular formula is C36H42N6O4. The number of carbonyl (C=O) groups excluding carboxylic acids is 1. The van der Waals surface area contributed by atoms with Crippen molar-refractivity contribution in [3.8, 4) is 5.88 Å². The lowest BCUT2D eigenvalue weighted by Gasteiger charge is -2.32. The van der Waals surface area contributed by atoms with Gasteiger partial charge in [-0.25, -0.2) is 19.3 Å². The van der Waals surface area contributed by atoms with Crippen LogP contribution in [0.3, 0.4) is 0 Å². The number of pyridine rings is 2. The van der Waals surface area contributed by atoms with E-state index in [1.165, 1.54) is 0 Å². The second-order valence-corrected chi connectivity index (χ2v) is 13.5. The predicted octanol–water partition coefficient (Wildman–Crippen LogP) is 6.09. The number of hydrogen-bond donors (Lipinski definition) is 0. The molecule has 1 atom stereocenters. The standard InChI is InChI=1S/C36H42N6O4/c1-24-19-31-27(7-6-15-42(31)39-24)23-45-34-9-5-8-29(38-34)25-12-16-40(17-13-25)22-33-37-30-11-10-26(35(43)46-36(2,3)4)20-32(30)41(33)21-28-14-18-44-28/h5-11,15,19-20,25,28H,12-14,16-18,21-23H2,1-4H3/t28-/m0/s1. The summed E-state index contributed by atoms with van der Waals surface area (Å²) in [6.45, 7) is 12.3. The van der Waals surface area contributed by atoms with Crippen LogP contribution in [0, 0.1) is 6.92 Å². The number of aromatic nitrogens is 5. The summed E-state index contributed by atoms with van der Waals surface area (Å²) in [4.78, 5) is 25.3. The van der Waals surface area contributed by atoms with Gasteiger partial charge in [0.25, 0.3) is 0 Å². The molecule has 0 amide bonds. The largest absolute Gasteiger partial charge is 0.473 e. The van der Waals surface area contributed by atoms with Crippen LogP contribution in [-0.2, 0) is 29.2 Å². The van der Waals surface area contributed by atoms with E-state index in [9.17, 15) is 4.79 Å². The fraction of sp³-hybridized carbons (Fsp3) is 0.444. The van der Waals surface area contributed by atoms with E-state index in [0.29, 0.717) is 24.0 Å². The number of fused-ring (bicyclic) bond motifs is 2. The molecule has 2 fully saturated rings. The molecule has 4 aromatic heterocycles. The highest BCUT2D eigenvalue weighted by atomic mass is 16.6. The molecule has 0 unspecified atom stereocenters. The number of aryl methyl sites for hydroxylation is 1. The summed E-state index contributed by atoms with van der Waals surface area (Å²) < 4.78 is 21.7. The molecule has 2 aliphatic heterocycles. The Morgan fingerprint density at radius 2 is 1.83 bits per heavy atom. The van der Waals surface area contributed by atoms with Crippen LogP contribution in [0.4, 0.5) is 0 Å². The van der Waals surface area contributed by atoms with E-state index < -0.39 is 5.60 Å². The minimum atomic E-state index is -0.553. The SMILES string of the molecule is Cc1cc2c(COc3cccc(C4CCN(Cc5nc6ccc(C(=O)OC(C)(C)C)cc6n5C[C@@H]5CCO5)CC4)n3)cccn2n1. The minimum Gasteiger partial charge on any atom is -0.473 e. The minimum absolute atomic E-state index is 0.171. The van der Waals surface area contributed by atoms with Crippen molar-refractivity contribution >= 4 is 22.5 Å². The van der Waals surface area contributed by atoms with Crippen LogP contribution in [0.2, 0.25) is 0 Å². The van der Waals surface area contributed by atoms with E-state index >= 15 is 0 Å². The molecule has 0 bridgehead atoms. The van der Waals surface area contributed by atoms with Crippen molar-refractivity contribution in [1.29, 1.82) is 0 Å². The van der Waals surface area contributed by atoms with Crippen molar-refractivity contribution in [3.63, 3.8) is 0 Å². The Labute approximate surface area is 269 Å². The van der Waals surface area contributed by atoms with Crippen LogP contribution >= 0.6 is 0 Å². The number of benzene rings is 1. The van der Waals surface area contributed by atoms with Crippen LogP contribution in [0.25, 0.3) is 16.6 Å². The molecule has 46 heavy (non-hydrogen) atoms. The highest BCUT2D eigenvalue weighted by molar-refractivity contribution is 5.94. The van der Waals surface area contributed by atoms with E-state index in [4.69, 9.17) is 24.2 Å². The lowest BCUT2D eigenvalue weighted by molar-refractivity contribution is -0.0592. The van der Waals surface area contributed by atoms with Crippen molar-refractivity contribution < 1.29 is 19.0 Å². The molecule has 0 spiro atoms. The summed E-state index contributed by atoms with van der Waals surface area (Å²) in [6.07, 6.45) is 5.19. The maximum Gasteiger partial charge on any atom is 0.338 e. The number of ether oxygens (including phenoxy) is 3. The third-order valence-electron chi connectivity index (χ3n) is 8.84. The van der Waals surface area contributed by atoms with Gasteiger partial charge in [0, 0.05) is 36.0 Å². The monoisotopic (exact) mass is 622 g/mol. The Morgan fingerprint density at radius 3 is 2.59 bits per heavy atom. The van der Waals surface area contributed by atoms with Crippen LogP contribution < -0.4 is 4.74 Å². The number of imidazole rings is 1. The Balaban J connectivity index is 1.02. The first-order valence-corrected chi connectivity index (χ1v) is 16.3. The Hall–Kier alpha value is -4.28. The van der Waals surface area contributed by atoms with E-state index in [0.717, 1.165) is 91.4 Å². The first-order chi connectivity index (χ1) is 22.2. The van der Waals surface area contributed by atoms with Crippen LogP contribution in [0.5, 0.6) is 5.88 Å². The second kappa shape index (κ2) is 12.5. The third-order valence-corrected chi connectivity index (χ3v) is 8.84. The molecule has 0 saturated carbocycles. The van der Waals surface area contributed by atoms with Gasteiger partial charge in [-0.05, 0) is 96.4 Å². The molecule has 1 aromatic carbocycles. The topological polar surface area (TPSA) is 96.0 Å². The summed E-state index contributed by atoms with van der Waals surface area (Å²) in [5.41, 5.74) is 6.03. The second-order valence-electron chi connectivity index (χ2n) is 13.5. The van der Waals surface area contributed by atoms with Crippen molar-refractivity contribution in [2.45, 2.75) is 84.3 Å². The van der Waals surface area contributed by atoms with Crippen LogP contribution in [-0.4, -0.2) is 66.4 Å². The van der Waals surface area contributed by atoms with Crippen molar-refractivity contribution in [2.75, 3.05) is 19.7 Å². The number of hydrogen-bond acceptors (Lipinski definition) is 8. The first kappa shape index (κ1) is 30.4. The van der Waals surface area contributed by atoms with Crippen LogP contribution in [0.15, 0.2) is 60.8 Å². The molecule has 240 valence electrons. The average Bonchev–Trinajstić information content (AvgIpc) is 3.56. The molecule has 5 aromatic rings. The molecule has 6 heterocycles. The van der Waals surface area contributed by atoms with Gasteiger partial charge in [-0.15, -0.1) is 0 Å². The maximum atomic E-state index is 12.8. The first-order valence-electron chi connectivity index (χ1n) is 16.3. The normalized spacial score (nSPS) is 17.8. The maximum absolute atomic E-state index is 12.8. The smallest absolute Gasteiger partial charge is 0.338 e. The van der Waals surface area contributed by atoms with E-state index in [2.05, 4.69) is 32.8 Å². The average molecular weight is 623 g/mol. The molecule has 2 aliphatic rings. The molecule has 0 radical (unpaired) electrons. The van der Waals surface area contributed by atoms with E-state index in [1.807, 2.05) is 74.8 Å². The van der Waals surface area contributed by atoms with Gasteiger partial charge in [0.1, 0.15) is 18.0 Å². The molecule has 0 N–H and O–H groups in total. The quantitative estimate of drug-likeness (QED) is 0.182. The van der Waals surface area contributed by atoms with Crippen molar-refractivity contribution in [1.82, 2.24) is 29.0 Å². The van der Waals surface area contributed by atoms with E-state index in [-0.39, 0.29) is 12.1 Å². The van der Waals surface area contributed by atoms with Gasteiger partial charge >= 0.3 is 5.97 Å². The lowest BCUT2D eigenvalue weighted by atomic mass is 9.93. The predicted molar refractivity (Wildman–Crippen MR) is 175 cm³/mol. The number of likely N-dealkylation sites (tertiary alicyclic amines) is 1. The summed E-state index contributed by atoms with van der Waals surface area (Å²) in [7, 11) is 0. The van der Waals surface area contributed by atoms with Gasteiger partial charge in [-0.3, -0.25) is 4.90 Å². The van der Waals surface area contributed by atoms with Gasteiger partial charge in [0.15, 0.2) is 0 Å². The van der Waals surface area contributed by atoms with Gasteiger partial charge in [0.05, 0.1) is 47.0 Å². The van der Waals surface area contributed by atoms with Crippen molar-refractivity contribution in [2.24, 2.45) is 0 Å². The summed E-state index contributed by atoms with van der Waals surface area (Å²) in [5, 5.41) is 4.51. The zero-order valence-electron chi connectivity index (χ0n) is 27.1. The number of rotatable bonds is 9.